The number of morpholine rings is 1. The van der Waals surface area contributed by atoms with Crippen LogP contribution in [0.5, 0.6) is 0 Å². The van der Waals surface area contributed by atoms with Crippen LogP contribution in [0.3, 0.4) is 0 Å². The van der Waals surface area contributed by atoms with Crippen LogP contribution in [0.15, 0.2) is 0 Å². The molecule has 1 saturated carbocycles. The van der Waals surface area contributed by atoms with Gasteiger partial charge in [0.25, 0.3) is 0 Å². The van der Waals surface area contributed by atoms with Crippen LogP contribution >= 0.6 is 0 Å². The standard InChI is InChI=1S/C12H23NO/c1-9-4-5-12(6-9)13-7-10(2)14-11(3)8-13/h9-12H,4-8H2,1-3H3/p+1/t9-,10-,11+,12+/m0/s1. The van der Waals surface area contributed by atoms with Crippen molar-refractivity contribution in [2.75, 3.05) is 13.1 Å². The first-order chi connectivity index (χ1) is 6.65. The van der Waals surface area contributed by atoms with Gasteiger partial charge in [0.1, 0.15) is 25.3 Å². The fraction of sp³-hybridized carbons (Fsp3) is 1.00. The topological polar surface area (TPSA) is 13.7 Å². The highest BCUT2D eigenvalue weighted by atomic mass is 16.5. The van der Waals surface area contributed by atoms with Crippen molar-refractivity contribution < 1.29 is 9.64 Å². The summed E-state index contributed by atoms with van der Waals surface area (Å²) in [4.78, 5) is 1.81. The van der Waals surface area contributed by atoms with Gasteiger partial charge in [-0.3, -0.25) is 0 Å². The lowest BCUT2D eigenvalue weighted by atomic mass is 10.1. The minimum absolute atomic E-state index is 0.463. The van der Waals surface area contributed by atoms with E-state index in [1.807, 2.05) is 0 Å². The lowest BCUT2D eigenvalue weighted by Crippen LogP contribution is -3.18. The van der Waals surface area contributed by atoms with E-state index in [1.54, 1.807) is 4.90 Å². The summed E-state index contributed by atoms with van der Waals surface area (Å²) in [6.45, 7) is 9.28. The second kappa shape index (κ2) is 4.19. The summed E-state index contributed by atoms with van der Waals surface area (Å²) in [5.74, 6) is 0.959. The van der Waals surface area contributed by atoms with Crippen molar-refractivity contribution in [3.05, 3.63) is 0 Å². The fourth-order valence-corrected chi connectivity index (χ4v) is 3.23. The summed E-state index contributed by atoms with van der Waals surface area (Å²) in [5, 5.41) is 0. The number of hydrogen-bond acceptors (Lipinski definition) is 1. The normalized spacial score (nSPS) is 49.5. The van der Waals surface area contributed by atoms with Gasteiger partial charge in [0.15, 0.2) is 0 Å². The third-order valence-corrected chi connectivity index (χ3v) is 3.84. The van der Waals surface area contributed by atoms with Crippen molar-refractivity contribution in [2.24, 2.45) is 5.92 Å². The molecule has 2 fully saturated rings. The predicted octanol–water partition coefficient (Wildman–Crippen LogP) is 0.867. The Morgan fingerprint density at radius 1 is 1.00 bits per heavy atom. The van der Waals surface area contributed by atoms with E-state index >= 15 is 0 Å². The zero-order valence-electron chi connectivity index (χ0n) is 9.75. The molecule has 82 valence electrons. The van der Waals surface area contributed by atoms with Gasteiger partial charge in [-0.2, -0.15) is 0 Å². The molecule has 2 rings (SSSR count). The average Bonchev–Trinajstić information content (AvgIpc) is 2.50. The molecule has 0 bridgehead atoms. The molecule has 1 N–H and O–H groups in total. The van der Waals surface area contributed by atoms with Gasteiger partial charge in [0, 0.05) is 6.42 Å². The fourth-order valence-electron chi connectivity index (χ4n) is 3.23. The summed E-state index contributed by atoms with van der Waals surface area (Å²) < 4.78 is 5.78. The Balaban J connectivity index is 1.90. The molecule has 0 aromatic rings. The molecule has 2 aliphatic rings. The zero-order chi connectivity index (χ0) is 10.1. The highest BCUT2D eigenvalue weighted by molar-refractivity contribution is 4.73. The van der Waals surface area contributed by atoms with E-state index < -0.39 is 0 Å². The Kier molecular flexibility index (Phi) is 3.13. The molecule has 0 amide bonds. The first-order valence-corrected chi connectivity index (χ1v) is 6.15. The lowest BCUT2D eigenvalue weighted by Gasteiger charge is -2.36. The minimum atomic E-state index is 0.463. The zero-order valence-corrected chi connectivity index (χ0v) is 9.75. The minimum Gasteiger partial charge on any atom is -0.364 e. The Bertz CT molecular complexity index is 185. The second-order valence-corrected chi connectivity index (χ2v) is 5.44. The molecule has 2 nitrogen and oxygen atoms in total. The summed E-state index contributed by atoms with van der Waals surface area (Å²) >= 11 is 0. The monoisotopic (exact) mass is 198 g/mol. The molecular weight excluding hydrogens is 174 g/mol. The van der Waals surface area contributed by atoms with Crippen LogP contribution in [0.25, 0.3) is 0 Å². The predicted molar refractivity (Wildman–Crippen MR) is 57.5 cm³/mol. The molecule has 1 aliphatic heterocycles. The number of ether oxygens (including phenoxy) is 1. The third-order valence-electron chi connectivity index (χ3n) is 3.84. The maximum Gasteiger partial charge on any atom is 0.104 e. The maximum atomic E-state index is 5.78. The van der Waals surface area contributed by atoms with Gasteiger partial charge < -0.3 is 9.64 Å². The molecule has 1 aliphatic carbocycles. The van der Waals surface area contributed by atoms with E-state index in [1.165, 1.54) is 32.4 Å². The van der Waals surface area contributed by atoms with Gasteiger partial charge in [0.05, 0.1) is 6.04 Å². The number of rotatable bonds is 1. The lowest BCUT2D eigenvalue weighted by molar-refractivity contribution is -0.938. The van der Waals surface area contributed by atoms with E-state index in [0.717, 1.165) is 12.0 Å². The Morgan fingerprint density at radius 2 is 1.64 bits per heavy atom. The van der Waals surface area contributed by atoms with Crippen molar-refractivity contribution in [2.45, 2.75) is 58.3 Å². The largest absolute Gasteiger partial charge is 0.364 e. The van der Waals surface area contributed by atoms with E-state index in [-0.39, 0.29) is 0 Å². The molecular formula is C12H24NO+. The van der Waals surface area contributed by atoms with Crippen molar-refractivity contribution >= 4 is 0 Å². The second-order valence-electron chi connectivity index (χ2n) is 5.44. The Labute approximate surface area is 87.6 Å². The highest BCUT2D eigenvalue weighted by Crippen LogP contribution is 2.23. The molecule has 5 atom stereocenters. The Hall–Kier alpha value is -0.0800. The molecule has 0 aromatic heterocycles. The number of nitrogens with one attached hydrogen (secondary N) is 1. The van der Waals surface area contributed by atoms with Crippen LogP contribution in [-0.2, 0) is 4.74 Å². The maximum absolute atomic E-state index is 5.78. The number of hydrogen-bond donors (Lipinski definition) is 1. The van der Waals surface area contributed by atoms with Crippen molar-refractivity contribution in [1.82, 2.24) is 0 Å². The number of quaternary nitrogens is 1. The molecule has 1 saturated heterocycles. The summed E-state index contributed by atoms with van der Waals surface area (Å²) in [6, 6.07) is 0.929. The molecule has 2 heteroatoms. The van der Waals surface area contributed by atoms with Crippen molar-refractivity contribution in [3.63, 3.8) is 0 Å². The Morgan fingerprint density at radius 3 is 2.14 bits per heavy atom. The van der Waals surface area contributed by atoms with Gasteiger partial charge in [0.2, 0.25) is 0 Å². The van der Waals surface area contributed by atoms with Crippen LogP contribution in [-0.4, -0.2) is 31.3 Å². The van der Waals surface area contributed by atoms with Crippen molar-refractivity contribution in [1.29, 1.82) is 0 Å². The first-order valence-electron chi connectivity index (χ1n) is 6.15. The van der Waals surface area contributed by atoms with Crippen LogP contribution in [0.2, 0.25) is 0 Å². The van der Waals surface area contributed by atoms with E-state index in [9.17, 15) is 0 Å². The van der Waals surface area contributed by atoms with E-state index in [4.69, 9.17) is 4.74 Å². The van der Waals surface area contributed by atoms with Gasteiger partial charge in [-0.25, -0.2) is 0 Å². The average molecular weight is 198 g/mol. The third kappa shape index (κ3) is 2.29. The first kappa shape index (κ1) is 10.4. The van der Waals surface area contributed by atoms with Crippen LogP contribution < -0.4 is 4.90 Å². The van der Waals surface area contributed by atoms with Crippen LogP contribution in [0.4, 0.5) is 0 Å². The van der Waals surface area contributed by atoms with Gasteiger partial charge in [-0.05, 0) is 32.6 Å². The van der Waals surface area contributed by atoms with Gasteiger partial charge in [-0.15, -0.1) is 0 Å². The van der Waals surface area contributed by atoms with Crippen molar-refractivity contribution in [3.8, 4) is 0 Å². The molecule has 1 heterocycles. The molecule has 0 spiro atoms. The van der Waals surface area contributed by atoms with Gasteiger partial charge >= 0.3 is 0 Å². The summed E-state index contributed by atoms with van der Waals surface area (Å²) in [6.07, 6.45) is 5.25. The van der Waals surface area contributed by atoms with Crippen LogP contribution in [0.1, 0.15) is 40.0 Å². The summed E-state index contributed by atoms with van der Waals surface area (Å²) in [7, 11) is 0. The summed E-state index contributed by atoms with van der Waals surface area (Å²) in [5.41, 5.74) is 0. The van der Waals surface area contributed by atoms with E-state index in [0.29, 0.717) is 12.2 Å². The highest BCUT2D eigenvalue weighted by Gasteiger charge is 2.35. The molecule has 1 unspecified atom stereocenters. The van der Waals surface area contributed by atoms with Gasteiger partial charge in [-0.1, -0.05) is 6.92 Å². The SMILES string of the molecule is C[C@H]1CC[C@@H]([NH+]2C[C@@H](C)O[C@@H](C)C2)C1. The molecule has 0 aromatic carbocycles. The van der Waals surface area contributed by atoms with Crippen LogP contribution in [0, 0.1) is 5.92 Å². The molecule has 0 radical (unpaired) electrons. The molecule has 14 heavy (non-hydrogen) atoms. The quantitative estimate of drug-likeness (QED) is 0.660. The van der Waals surface area contributed by atoms with E-state index in [2.05, 4.69) is 20.8 Å². The smallest absolute Gasteiger partial charge is 0.104 e.